The largest absolute Gasteiger partial charge is 0.507 e. The third-order valence-corrected chi connectivity index (χ3v) is 5.96. The van der Waals surface area contributed by atoms with Crippen molar-refractivity contribution >= 4 is 17.4 Å². The van der Waals surface area contributed by atoms with E-state index in [1.54, 1.807) is 23.1 Å². The number of ether oxygens (including phenoxy) is 1. The van der Waals surface area contributed by atoms with Gasteiger partial charge in [0.05, 0.1) is 11.6 Å². The van der Waals surface area contributed by atoms with Gasteiger partial charge in [0.1, 0.15) is 18.1 Å². The summed E-state index contributed by atoms with van der Waals surface area (Å²) in [5, 5.41) is 11.2. The predicted molar refractivity (Wildman–Crippen MR) is 130 cm³/mol. The second-order valence-electron chi connectivity index (χ2n) is 8.06. The van der Waals surface area contributed by atoms with Gasteiger partial charge in [-0.3, -0.25) is 9.59 Å². The van der Waals surface area contributed by atoms with Crippen molar-refractivity contribution in [1.82, 2.24) is 9.80 Å². The van der Waals surface area contributed by atoms with Crippen LogP contribution in [-0.2, 0) is 9.59 Å². The molecule has 1 fully saturated rings. The number of hydrogen-bond acceptors (Lipinski definition) is 5. The van der Waals surface area contributed by atoms with Crippen LogP contribution in [0.25, 0.3) is 5.76 Å². The molecule has 1 amide bonds. The number of Topliss-reactive ketones (excluding diaryl/α,β-unsaturated/α-hetero) is 1. The zero-order valence-corrected chi connectivity index (χ0v) is 19.6. The Morgan fingerprint density at radius 2 is 1.85 bits per heavy atom. The van der Waals surface area contributed by atoms with Gasteiger partial charge in [-0.2, -0.15) is 0 Å². The molecular weight excluding hydrogens is 416 g/mol. The van der Waals surface area contributed by atoms with Crippen molar-refractivity contribution in [2.45, 2.75) is 26.8 Å². The summed E-state index contributed by atoms with van der Waals surface area (Å²) in [5.41, 5.74) is 2.36. The number of aliphatic hydroxyl groups is 1. The SMILES string of the molecule is C=CCOc1cccc([C@@H]2C(=C(O)c3ccc(C)cc3)C(=O)C(=O)N2CCN(CC)CC)c1. The van der Waals surface area contributed by atoms with E-state index in [1.807, 2.05) is 43.3 Å². The van der Waals surface area contributed by atoms with Crippen LogP contribution in [0.3, 0.4) is 0 Å². The number of amides is 1. The van der Waals surface area contributed by atoms with Crippen molar-refractivity contribution in [1.29, 1.82) is 0 Å². The third kappa shape index (κ3) is 5.34. The van der Waals surface area contributed by atoms with Crippen molar-refractivity contribution in [3.05, 3.63) is 83.4 Å². The lowest BCUT2D eigenvalue weighted by Crippen LogP contribution is -2.38. The Balaban J connectivity index is 2.09. The molecule has 0 unspecified atom stereocenters. The second-order valence-corrected chi connectivity index (χ2v) is 8.06. The maximum absolute atomic E-state index is 13.2. The molecule has 0 aliphatic carbocycles. The highest BCUT2D eigenvalue weighted by Crippen LogP contribution is 2.40. The van der Waals surface area contributed by atoms with Gasteiger partial charge in [0.15, 0.2) is 0 Å². The summed E-state index contributed by atoms with van der Waals surface area (Å²) in [6.45, 7) is 12.8. The number of aryl methyl sites for hydroxylation is 1. The number of likely N-dealkylation sites (tertiary alicyclic amines) is 1. The first kappa shape index (κ1) is 24.3. The Bertz CT molecular complexity index is 1040. The number of likely N-dealkylation sites (N-methyl/N-ethyl adjacent to an activating group) is 1. The molecule has 0 saturated carbocycles. The average molecular weight is 449 g/mol. The molecule has 6 heteroatoms. The molecule has 33 heavy (non-hydrogen) atoms. The molecule has 0 aromatic heterocycles. The van der Waals surface area contributed by atoms with Crippen LogP contribution in [0.15, 0.2) is 66.8 Å². The summed E-state index contributed by atoms with van der Waals surface area (Å²) >= 11 is 0. The highest BCUT2D eigenvalue weighted by atomic mass is 16.5. The van der Waals surface area contributed by atoms with E-state index in [2.05, 4.69) is 25.3 Å². The molecule has 2 aromatic rings. The molecule has 1 heterocycles. The van der Waals surface area contributed by atoms with Crippen LogP contribution < -0.4 is 4.74 Å². The standard InChI is InChI=1S/C27H32N2O4/c1-5-17-33-22-10-8-9-21(18-22)24-23(25(30)20-13-11-19(4)12-14-20)26(31)27(32)29(24)16-15-28(6-2)7-3/h5,8-14,18,24,30H,1,6-7,15-17H2,2-4H3/t24-/m1/s1. The fourth-order valence-corrected chi connectivity index (χ4v) is 4.04. The smallest absolute Gasteiger partial charge is 0.295 e. The molecule has 174 valence electrons. The molecular formula is C27H32N2O4. The summed E-state index contributed by atoms with van der Waals surface area (Å²) in [6, 6.07) is 13.8. The van der Waals surface area contributed by atoms with E-state index in [4.69, 9.17) is 4.74 Å². The number of rotatable bonds is 10. The highest BCUT2D eigenvalue weighted by Gasteiger charge is 2.46. The lowest BCUT2D eigenvalue weighted by atomic mass is 9.95. The molecule has 0 bridgehead atoms. The van der Waals surface area contributed by atoms with Gasteiger partial charge >= 0.3 is 0 Å². The summed E-state index contributed by atoms with van der Waals surface area (Å²) in [4.78, 5) is 30.0. The summed E-state index contributed by atoms with van der Waals surface area (Å²) in [7, 11) is 0. The molecule has 6 nitrogen and oxygen atoms in total. The van der Waals surface area contributed by atoms with Crippen LogP contribution in [0.1, 0.15) is 36.6 Å². The molecule has 1 saturated heterocycles. The van der Waals surface area contributed by atoms with Gasteiger partial charge in [-0.1, -0.05) is 68.5 Å². The molecule has 1 atom stereocenters. The molecule has 0 radical (unpaired) electrons. The third-order valence-electron chi connectivity index (χ3n) is 5.96. The van der Waals surface area contributed by atoms with Crippen LogP contribution in [0.4, 0.5) is 0 Å². The second kappa shape index (κ2) is 11.0. The Morgan fingerprint density at radius 1 is 1.15 bits per heavy atom. The van der Waals surface area contributed by atoms with Crippen LogP contribution in [-0.4, -0.2) is 59.4 Å². The maximum atomic E-state index is 13.2. The molecule has 1 N–H and O–H groups in total. The monoisotopic (exact) mass is 448 g/mol. The Morgan fingerprint density at radius 3 is 2.48 bits per heavy atom. The number of nitrogens with zero attached hydrogens (tertiary/aromatic N) is 2. The highest BCUT2D eigenvalue weighted by molar-refractivity contribution is 6.46. The van der Waals surface area contributed by atoms with Gasteiger partial charge in [0, 0.05) is 18.7 Å². The van der Waals surface area contributed by atoms with Crippen molar-refractivity contribution in [2.75, 3.05) is 32.8 Å². The van der Waals surface area contributed by atoms with Gasteiger partial charge in [-0.05, 0) is 37.7 Å². The minimum atomic E-state index is -0.700. The van der Waals surface area contributed by atoms with E-state index >= 15 is 0 Å². The van der Waals surface area contributed by atoms with Crippen LogP contribution in [0.2, 0.25) is 0 Å². The van der Waals surface area contributed by atoms with Gasteiger partial charge in [0.25, 0.3) is 11.7 Å². The lowest BCUT2D eigenvalue weighted by molar-refractivity contribution is -0.140. The van der Waals surface area contributed by atoms with E-state index in [9.17, 15) is 14.7 Å². The molecule has 2 aromatic carbocycles. The number of ketones is 1. The molecule has 1 aliphatic rings. The maximum Gasteiger partial charge on any atom is 0.295 e. The number of benzene rings is 2. The minimum absolute atomic E-state index is 0.101. The van der Waals surface area contributed by atoms with Crippen molar-refractivity contribution in [2.24, 2.45) is 0 Å². The average Bonchev–Trinajstić information content (AvgIpc) is 3.08. The van der Waals surface area contributed by atoms with E-state index in [1.165, 1.54) is 0 Å². The number of hydrogen-bond donors (Lipinski definition) is 1. The Labute approximate surface area is 195 Å². The number of carbonyl (C=O) groups is 2. The van der Waals surface area contributed by atoms with Gasteiger partial charge in [0.2, 0.25) is 0 Å². The molecule has 1 aliphatic heterocycles. The van der Waals surface area contributed by atoms with Gasteiger partial charge in [-0.25, -0.2) is 0 Å². The van der Waals surface area contributed by atoms with Crippen molar-refractivity contribution < 1.29 is 19.4 Å². The predicted octanol–water partition coefficient (Wildman–Crippen LogP) is 4.32. The fraction of sp³-hybridized carbons (Fsp3) is 0.333. The van der Waals surface area contributed by atoms with Gasteiger partial charge < -0.3 is 19.6 Å². The number of carbonyl (C=O) groups excluding carboxylic acids is 2. The quantitative estimate of drug-likeness (QED) is 0.254. The van der Waals surface area contributed by atoms with E-state index < -0.39 is 17.7 Å². The first-order chi connectivity index (χ1) is 15.9. The Kier molecular flexibility index (Phi) is 8.06. The van der Waals surface area contributed by atoms with Crippen LogP contribution in [0, 0.1) is 6.92 Å². The number of aliphatic hydroxyl groups excluding tert-OH is 1. The molecule has 0 spiro atoms. The van der Waals surface area contributed by atoms with Crippen molar-refractivity contribution in [3.63, 3.8) is 0 Å². The summed E-state index contributed by atoms with van der Waals surface area (Å²) in [6.07, 6.45) is 1.65. The van der Waals surface area contributed by atoms with Crippen molar-refractivity contribution in [3.8, 4) is 5.75 Å². The minimum Gasteiger partial charge on any atom is -0.507 e. The Hall–Kier alpha value is -3.38. The van der Waals surface area contributed by atoms with Crippen LogP contribution in [0.5, 0.6) is 5.75 Å². The summed E-state index contributed by atoms with van der Waals surface area (Å²) in [5.74, 6) is -0.827. The topological polar surface area (TPSA) is 70.1 Å². The summed E-state index contributed by atoms with van der Waals surface area (Å²) < 4.78 is 5.68. The molecule has 3 rings (SSSR count). The first-order valence-corrected chi connectivity index (χ1v) is 11.3. The normalized spacial score (nSPS) is 17.6. The lowest BCUT2D eigenvalue weighted by Gasteiger charge is -2.28. The van der Waals surface area contributed by atoms with E-state index in [0.29, 0.717) is 36.6 Å². The van der Waals surface area contributed by atoms with Crippen LogP contribution >= 0.6 is 0 Å². The van der Waals surface area contributed by atoms with E-state index in [-0.39, 0.29) is 11.3 Å². The fourth-order valence-electron chi connectivity index (χ4n) is 4.04. The van der Waals surface area contributed by atoms with E-state index in [0.717, 1.165) is 18.7 Å². The zero-order chi connectivity index (χ0) is 24.0. The first-order valence-electron chi connectivity index (χ1n) is 11.3. The zero-order valence-electron chi connectivity index (χ0n) is 19.6. The van der Waals surface area contributed by atoms with Gasteiger partial charge in [-0.15, -0.1) is 0 Å².